The minimum Gasteiger partial charge on any atom is -0.344 e. The molecule has 6 heteroatoms. The van der Waals surface area contributed by atoms with Crippen molar-refractivity contribution in [2.45, 2.75) is 45.6 Å². The summed E-state index contributed by atoms with van der Waals surface area (Å²) in [6.45, 7) is 5.41. The Morgan fingerprint density at radius 1 is 1.19 bits per heavy atom. The molecule has 0 spiro atoms. The van der Waals surface area contributed by atoms with Gasteiger partial charge in [0.25, 0.3) is 5.91 Å². The molecule has 1 atom stereocenters. The normalized spacial score (nSPS) is 13.6. The van der Waals surface area contributed by atoms with Crippen LogP contribution < -0.4 is 5.32 Å². The average molecular weight is 305 g/mol. The number of hydrogen-bond donors (Lipinski definition) is 1. The minimum atomic E-state index is -4.68. The lowest BCUT2D eigenvalue weighted by atomic mass is 9.94. The zero-order chi connectivity index (χ0) is 16.2. The fraction of sp³-hybridized carbons (Fsp3) is 0.533. The zero-order valence-electron chi connectivity index (χ0n) is 12.2. The van der Waals surface area contributed by atoms with Gasteiger partial charge in [0.15, 0.2) is 0 Å². The van der Waals surface area contributed by atoms with Gasteiger partial charge in [0.05, 0.1) is 6.04 Å². The molecule has 0 heterocycles. The topological polar surface area (TPSA) is 29.1 Å². The summed E-state index contributed by atoms with van der Waals surface area (Å²) in [5.41, 5.74) is 1.67. The van der Waals surface area contributed by atoms with Crippen LogP contribution in [0.4, 0.5) is 17.6 Å². The number of hydrogen-bond acceptors (Lipinski definition) is 1. The summed E-state index contributed by atoms with van der Waals surface area (Å²) >= 11 is 0. The molecule has 0 saturated carbocycles. The third-order valence-corrected chi connectivity index (χ3v) is 3.28. The maximum Gasteiger partial charge on any atom is 0.383 e. The summed E-state index contributed by atoms with van der Waals surface area (Å²) < 4.78 is 50.5. The number of carbonyl (C=O) groups is 1. The van der Waals surface area contributed by atoms with E-state index < -0.39 is 24.3 Å². The van der Waals surface area contributed by atoms with Crippen LogP contribution in [0, 0.1) is 5.92 Å². The fourth-order valence-electron chi connectivity index (χ4n) is 1.93. The van der Waals surface area contributed by atoms with Crippen molar-refractivity contribution in [1.29, 1.82) is 0 Å². The number of halogens is 4. The number of aryl methyl sites for hydroxylation is 1. The minimum absolute atomic E-state index is 0.213. The highest BCUT2D eigenvalue weighted by Crippen LogP contribution is 2.27. The van der Waals surface area contributed by atoms with E-state index in [2.05, 4.69) is 0 Å². The Morgan fingerprint density at radius 3 is 2.10 bits per heavy atom. The standard InChI is InChI=1S/C15H19F4NO/c1-4-10-5-7-11(8-6-10)12(9(2)3)20-14(21)15(18,19)13(16)17/h5-9,12-13H,4H2,1-3H3,(H,20,21). The molecule has 0 radical (unpaired) electrons. The molecule has 1 aromatic carbocycles. The predicted molar refractivity (Wildman–Crippen MR) is 72.5 cm³/mol. The van der Waals surface area contributed by atoms with E-state index in [9.17, 15) is 22.4 Å². The van der Waals surface area contributed by atoms with E-state index in [1.54, 1.807) is 26.0 Å². The van der Waals surface area contributed by atoms with Crippen LogP contribution in [0.3, 0.4) is 0 Å². The SMILES string of the molecule is CCc1ccc(C(NC(=O)C(F)(F)C(F)F)C(C)C)cc1. The van der Waals surface area contributed by atoms with Crippen LogP contribution in [0.1, 0.15) is 37.9 Å². The van der Waals surface area contributed by atoms with E-state index in [1.165, 1.54) is 0 Å². The first-order valence-electron chi connectivity index (χ1n) is 6.75. The van der Waals surface area contributed by atoms with E-state index in [1.807, 2.05) is 24.4 Å². The quantitative estimate of drug-likeness (QED) is 0.792. The van der Waals surface area contributed by atoms with Crippen LogP contribution in [0.5, 0.6) is 0 Å². The first-order valence-corrected chi connectivity index (χ1v) is 6.75. The predicted octanol–water partition coefficient (Wildman–Crippen LogP) is 3.96. The van der Waals surface area contributed by atoms with Gasteiger partial charge in [-0.3, -0.25) is 4.79 Å². The maximum atomic E-state index is 13.0. The molecule has 1 unspecified atom stereocenters. The molecule has 0 aromatic heterocycles. The van der Waals surface area contributed by atoms with Crippen LogP contribution in [-0.2, 0) is 11.2 Å². The first kappa shape index (κ1) is 17.5. The molecule has 1 N–H and O–H groups in total. The molecular formula is C15H19F4NO. The molecule has 0 saturated heterocycles. The average Bonchev–Trinajstić information content (AvgIpc) is 2.44. The Bertz CT molecular complexity index is 471. The Morgan fingerprint density at radius 2 is 1.71 bits per heavy atom. The molecular weight excluding hydrogens is 286 g/mol. The van der Waals surface area contributed by atoms with Crippen molar-refractivity contribution >= 4 is 5.91 Å². The highest BCUT2D eigenvalue weighted by atomic mass is 19.3. The maximum absolute atomic E-state index is 13.0. The van der Waals surface area contributed by atoms with E-state index in [0.717, 1.165) is 12.0 Å². The molecule has 1 rings (SSSR count). The van der Waals surface area contributed by atoms with Gasteiger partial charge in [0, 0.05) is 0 Å². The molecule has 118 valence electrons. The largest absolute Gasteiger partial charge is 0.383 e. The van der Waals surface area contributed by atoms with E-state index in [0.29, 0.717) is 5.56 Å². The number of nitrogens with one attached hydrogen (secondary N) is 1. The number of rotatable bonds is 6. The highest BCUT2D eigenvalue weighted by Gasteiger charge is 2.49. The van der Waals surface area contributed by atoms with Crippen molar-refractivity contribution in [3.63, 3.8) is 0 Å². The number of benzene rings is 1. The van der Waals surface area contributed by atoms with Gasteiger partial charge in [-0.2, -0.15) is 8.78 Å². The molecule has 2 nitrogen and oxygen atoms in total. The highest BCUT2D eigenvalue weighted by molar-refractivity contribution is 5.84. The van der Waals surface area contributed by atoms with Crippen LogP contribution in [0.2, 0.25) is 0 Å². The molecule has 0 aliphatic heterocycles. The second-order valence-corrected chi connectivity index (χ2v) is 5.21. The van der Waals surface area contributed by atoms with Crippen LogP contribution in [0.15, 0.2) is 24.3 Å². The van der Waals surface area contributed by atoms with Crippen LogP contribution in [-0.4, -0.2) is 18.3 Å². The smallest absolute Gasteiger partial charge is 0.344 e. The van der Waals surface area contributed by atoms with Gasteiger partial charge < -0.3 is 5.32 Å². The third-order valence-electron chi connectivity index (χ3n) is 3.28. The summed E-state index contributed by atoms with van der Waals surface area (Å²) in [5.74, 6) is -6.85. The van der Waals surface area contributed by atoms with Crippen molar-refractivity contribution in [2.24, 2.45) is 5.92 Å². The molecule has 0 aliphatic rings. The lowest BCUT2D eigenvalue weighted by Gasteiger charge is -2.25. The van der Waals surface area contributed by atoms with Gasteiger partial charge in [-0.15, -0.1) is 0 Å². The molecule has 0 fully saturated rings. The zero-order valence-corrected chi connectivity index (χ0v) is 12.2. The molecule has 0 aliphatic carbocycles. The van der Waals surface area contributed by atoms with Gasteiger partial charge in [0.1, 0.15) is 0 Å². The van der Waals surface area contributed by atoms with Crippen molar-refractivity contribution < 1.29 is 22.4 Å². The van der Waals surface area contributed by atoms with Gasteiger partial charge in [-0.1, -0.05) is 45.0 Å². The molecule has 21 heavy (non-hydrogen) atoms. The Balaban J connectivity index is 2.95. The van der Waals surface area contributed by atoms with Gasteiger partial charge in [-0.25, -0.2) is 8.78 Å². The monoisotopic (exact) mass is 305 g/mol. The third kappa shape index (κ3) is 4.19. The lowest BCUT2D eigenvalue weighted by molar-refractivity contribution is -0.170. The molecule has 1 aromatic rings. The second kappa shape index (κ2) is 6.91. The van der Waals surface area contributed by atoms with E-state index in [4.69, 9.17) is 0 Å². The van der Waals surface area contributed by atoms with Gasteiger partial charge >= 0.3 is 12.3 Å². The number of carbonyl (C=O) groups excluding carboxylic acids is 1. The summed E-state index contributed by atoms with van der Waals surface area (Å²) in [4.78, 5) is 11.4. The summed E-state index contributed by atoms with van der Waals surface area (Å²) in [6.07, 6.45) is -3.20. The molecule has 1 amide bonds. The Kier molecular flexibility index (Phi) is 5.75. The van der Waals surface area contributed by atoms with Crippen LogP contribution in [0.25, 0.3) is 0 Å². The number of amides is 1. The second-order valence-electron chi connectivity index (χ2n) is 5.21. The van der Waals surface area contributed by atoms with Crippen molar-refractivity contribution in [1.82, 2.24) is 5.32 Å². The summed E-state index contributed by atoms with van der Waals surface area (Å²) in [5, 5.41) is 2.02. The van der Waals surface area contributed by atoms with Gasteiger partial charge in [-0.05, 0) is 23.5 Å². The van der Waals surface area contributed by atoms with Crippen molar-refractivity contribution in [2.75, 3.05) is 0 Å². The van der Waals surface area contributed by atoms with Crippen molar-refractivity contribution in [3.8, 4) is 0 Å². The first-order chi connectivity index (χ1) is 9.70. The Hall–Kier alpha value is -1.59. The summed E-state index contributed by atoms with van der Waals surface area (Å²) in [6, 6.07) is 6.33. The van der Waals surface area contributed by atoms with Crippen LogP contribution >= 0.6 is 0 Å². The summed E-state index contributed by atoms with van der Waals surface area (Å²) in [7, 11) is 0. The molecule has 0 bridgehead atoms. The van der Waals surface area contributed by atoms with Crippen molar-refractivity contribution in [3.05, 3.63) is 35.4 Å². The number of alkyl halides is 4. The van der Waals surface area contributed by atoms with E-state index >= 15 is 0 Å². The van der Waals surface area contributed by atoms with Gasteiger partial charge in [0.2, 0.25) is 0 Å². The lowest BCUT2D eigenvalue weighted by Crippen LogP contribution is -2.47. The Labute approximate surface area is 121 Å². The fourth-order valence-corrected chi connectivity index (χ4v) is 1.93. The van der Waals surface area contributed by atoms with E-state index in [-0.39, 0.29) is 5.92 Å².